The molecular formula is C50H53NO2. The van der Waals surface area contributed by atoms with Crippen LogP contribution < -0.4 is 0 Å². The molecule has 0 radical (unpaired) electrons. The van der Waals surface area contributed by atoms with Crippen LogP contribution in [0, 0.1) is 28.6 Å². The maximum absolute atomic E-state index is 7.34. The van der Waals surface area contributed by atoms with Gasteiger partial charge in [-0.3, -0.25) is 0 Å². The molecule has 9 unspecified atom stereocenters. The third kappa shape index (κ3) is 4.81. The number of aromatic nitrogens is 1. The predicted molar refractivity (Wildman–Crippen MR) is 215 cm³/mol. The summed E-state index contributed by atoms with van der Waals surface area (Å²) < 4.78 is 17.0. The van der Waals surface area contributed by atoms with Crippen molar-refractivity contribution in [1.29, 1.82) is 0 Å². The number of fused-ring (bicyclic) bond motifs is 11. The molecule has 3 nitrogen and oxygen atoms in total. The molecule has 0 saturated carbocycles. The van der Waals surface area contributed by atoms with Crippen LogP contribution in [0.5, 0.6) is 0 Å². The van der Waals surface area contributed by atoms with Crippen LogP contribution in [0.3, 0.4) is 0 Å². The Morgan fingerprint density at radius 3 is 2.58 bits per heavy atom. The molecule has 9 aliphatic rings. The molecule has 1 aromatic carbocycles. The van der Waals surface area contributed by atoms with E-state index in [1.807, 2.05) is 0 Å². The van der Waals surface area contributed by atoms with Crippen LogP contribution in [0.1, 0.15) is 99.6 Å². The lowest BCUT2D eigenvalue weighted by Gasteiger charge is -2.64. The fraction of sp³-hybridized carbons (Fsp3) is 0.440. The zero-order valence-corrected chi connectivity index (χ0v) is 31.3. The number of ether oxygens (including phenoxy) is 2. The van der Waals surface area contributed by atoms with Gasteiger partial charge in [-0.1, -0.05) is 92.0 Å². The van der Waals surface area contributed by atoms with Crippen LogP contribution >= 0.6 is 0 Å². The predicted octanol–water partition coefficient (Wildman–Crippen LogP) is 11.6. The van der Waals surface area contributed by atoms with E-state index in [0.29, 0.717) is 11.8 Å². The summed E-state index contributed by atoms with van der Waals surface area (Å²) in [5.41, 5.74) is 11.9. The molecule has 3 heterocycles. The first-order valence-electron chi connectivity index (χ1n) is 21.0. The summed E-state index contributed by atoms with van der Waals surface area (Å²) in [7, 11) is 0. The first-order valence-corrected chi connectivity index (χ1v) is 21.0. The molecule has 9 atom stereocenters. The fourth-order valence-corrected chi connectivity index (χ4v) is 12.7. The van der Waals surface area contributed by atoms with Gasteiger partial charge in [0.2, 0.25) is 0 Å². The van der Waals surface area contributed by atoms with Gasteiger partial charge in [0, 0.05) is 40.2 Å². The van der Waals surface area contributed by atoms with E-state index in [1.54, 1.807) is 22.4 Å². The van der Waals surface area contributed by atoms with Crippen molar-refractivity contribution in [2.24, 2.45) is 28.6 Å². The van der Waals surface area contributed by atoms with Crippen LogP contribution in [0.25, 0.3) is 11.8 Å². The van der Waals surface area contributed by atoms with Crippen molar-refractivity contribution in [1.82, 2.24) is 4.57 Å². The minimum Gasteiger partial charge on any atom is -0.486 e. The summed E-state index contributed by atoms with van der Waals surface area (Å²) in [5.74, 6) is 2.43. The number of hydrogen-bond acceptors (Lipinski definition) is 2. The lowest BCUT2D eigenvalue weighted by Crippen LogP contribution is -2.64. The monoisotopic (exact) mass is 699 g/mol. The lowest BCUT2D eigenvalue weighted by atomic mass is 9.44. The van der Waals surface area contributed by atoms with E-state index in [-0.39, 0.29) is 41.0 Å². The molecule has 11 rings (SSSR count). The molecule has 3 heteroatoms. The quantitative estimate of drug-likeness (QED) is 0.298. The van der Waals surface area contributed by atoms with E-state index < -0.39 is 0 Å². The minimum absolute atomic E-state index is 0.00140. The average molecular weight is 700 g/mol. The van der Waals surface area contributed by atoms with Gasteiger partial charge in [0.1, 0.15) is 11.9 Å². The van der Waals surface area contributed by atoms with E-state index in [4.69, 9.17) is 9.47 Å². The summed E-state index contributed by atoms with van der Waals surface area (Å²) >= 11 is 0. The lowest BCUT2D eigenvalue weighted by molar-refractivity contribution is -0.176. The second-order valence-corrected chi connectivity index (χ2v) is 17.6. The van der Waals surface area contributed by atoms with Crippen LogP contribution in [-0.2, 0) is 22.3 Å². The SMILES string of the molecule is CC1(C2CCCc3c2c2c(n3-c3ccccc3)C=CCC2)C=CC2OC3C=CC(C4=CCCCC4)=CC3C3(C4=CCCC=C4OC4C=CC=CC43)C2C1. The standard InChI is InChI=1S/C50H53NO2/c1-49(39-22-14-24-43-48(39)36-19-8-11-23-42(36)51(43)35-17-6-3-7-18-35)30-29-47-41(32-49)50(37-20-9-12-25-44(37)52-45-26-13-10-21-38(45)50)40-31-34(27-28-46(40)53-47)33-15-4-2-5-16-33/h3,6-7,9,11-12,15,17-18,20-21,23,25-31,37,39-41,44,46-47H,2,4-5,8,10,13-14,16,19,22,24,32H2,1H3. The van der Waals surface area contributed by atoms with Crippen molar-refractivity contribution in [3.63, 3.8) is 0 Å². The second-order valence-electron chi connectivity index (χ2n) is 17.6. The van der Waals surface area contributed by atoms with Gasteiger partial charge < -0.3 is 14.0 Å². The Balaban J connectivity index is 1.08. The van der Waals surface area contributed by atoms with Crippen molar-refractivity contribution in [2.45, 2.75) is 108 Å². The maximum atomic E-state index is 7.34. The van der Waals surface area contributed by atoms with Crippen LogP contribution in [0.2, 0.25) is 0 Å². The number of allylic oxidation sites excluding steroid dienone is 11. The third-order valence-corrected chi connectivity index (χ3v) is 14.9. The van der Waals surface area contributed by atoms with Gasteiger partial charge in [-0.05, 0) is 147 Å². The van der Waals surface area contributed by atoms with Gasteiger partial charge in [-0.2, -0.15) is 0 Å². The highest BCUT2D eigenvalue weighted by atomic mass is 16.5. The van der Waals surface area contributed by atoms with Crippen molar-refractivity contribution < 1.29 is 9.47 Å². The van der Waals surface area contributed by atoms with Crippen molar-refractivity contribution >= 4 is 6.08 Å². The van der Waals surface area contributed by atoms with Crippen molar-refractivity contribution in [3.05, 3.63) is 154 Å². The molecule has 1 aromatic heterocycles. The molecule has 0 bridgehead atoms. The van der Waals surface area contributed by atoms with Crippen molar-refractivity contribution in [2.75, 3.05) is 0 Å². The fourth-order valence-electron chi connectivity index (χ4n) is 12.7. The van der Waals surface area contributed by atoms with Gasteiger partial charge in [0.15, 0.2) is 0 Å². The zero-order valence-electron chi connectivity index (χ0n) is 31.3. The molecule has 0 N–H and O–H groups in total. The van der Waals surface area contributed by atoms with E-state index in [9.17, 15) is 0 Å². The molecule has 2 saturated heterocycles. The van der Waals surface area contributed by atoms with Gasteiger partial charge in [-0.15, -0.1) is 0 Å². The highest BCUT2D eigenvalue weighted by Crippen LogP contribution is 2.68. The van der Waals surface area contributed by atoms with E-state index in [1.165, 1.54) is 61.1 Å². The Morgan fingerprint density at radius 2 is 1.68 bits per heavy atom. The summed E-state index contributed by atoms with van der Waals surface area (Å²) in [6.45, 7) is 2.62. The normalized spacial score (nSPS) is 37.5. The Morgan fingerprint density at radius 1 is 0.774 bits per heavy atom. The molecule has 2 aliphatic heterocycles. The smallest absolute Gasteiger partial charge is 0.124 e. The highest BCUT2D eigenvalue weighted by Gasteiger charge is 2.66. The highest BCUT2D eigenvalue weighted by molar-refractivity contribution is 5.64. The number of rotatable bonds is 3. The Bertz CT molecular complexity index is 2110. The van der Waals surface area contributed by atoms with Gasteiger partial charge in [-0.25, -0.2) is 0 Å². The Labute approximate surface area is 315 Å². The molecule has 2 aromatic rings. The third-order valence-electron chi connectivity index (χ3n) is 14.9. The Kier molecular flexibility index (Phi) is 7.62. The number of para-hydroxylation sites is 1. The molecule has 2 fully saturated rings. The van der Waals surface area contributed by atoms with E-state index >= 15 is 0 Å². The number of hydrogen-bond donors (Lipinski definition) is 0. The minimum atomic E-state index is -0.142. The average Bonchev–Trinajstić information content (AvgIpc) is 3.56. The zero-order chi connectivity index (χ0) is 35.1. The molecular weight excluding hydrogens is 647 g/mol. The van der Waals surface area contributed by atoms with Crippen LogP contribution in [-0.4, -0.2) is 22.9 Å². The molecule has 0 amide bonds. The first kappa shape index (κ1) is 32.4. The molecule has 270 valence electrons. The van der Waals surface area contributed by atoms with Gasteiger partial charge in [0.05, 0.1) is 12.2 Å². The maximum Gasteiger partial charge on any atom is 0.124 e. The first-order chi connectivity index (χ1) is 26.1. The Hall–Kier alpha value is -4.08. The molecule has 7 aliphatic carbocycles. The van der Waals surface area contributed by atoms with E-state index in [0.717, 1.165) is 44.3 Å². The van der Waals surface area contributed by atoms with Gasteiger partial charge in [0.25, 0.3) is 0 Å². The summed E-state index contributed by atoms with van der Waals surface area (Å²) in [6.07, 6.45) is 48.8. The van der Waals surface area contributed by atoms with Crippen LogP contribution in [0.4, 0.5) is 0 Å². The number of benzene rings is 1. The molecule has 53 heavy (non-hydrogen) atoms. The largest absolute Gasteiger partial charge is 0.486 e. The van der Waals surface area contributed by atoms with Crippen LogP contribution in [0.15, 0.2) is 132 Å². The topological polar surface area (TPSA) is 23.4 Å². The summed E-state index contributed by atoms with van der Waals surface area (Å²) in [5, 5.41) is 0. The molecule has 1 spiro atoms. The van der Waals surface area contributed by atoms with Crippen molar-refractivity contribution in [3.8, 4) is 5.69 Å². The summed E-state index contributed by atoms with van der Waals surface area (Å²) in [6, 6.07) is 11.2. The number of nitrogens with zero attached hydrogens (tertiary/aromatic N) is 1. The van der Waals surface area contributed by atoms with Gasteiger partial charge >= 0.3 is 0 Å². The summed E-state index contributed by atoms with van der Waals surface area (Å²) in [4.78, 5) is 0. The van der Waals surface area contributed by atoms with E-state index in [2.05, 4.69) is 127 Å². The second kappa shape index (κ2) is 12.5.